The number of hydrogen-bond acceptors (Lipinski definition) is 6. The number of rotatable bonds is 9. The minimum atomic E-state index is -3.89. The van der Waals surface area contributed by atoms with Gasteiger partial charge in [-0.15, -0.1) is 0 Å². The van der Waals surface area contributed by atoms with Crippen LogP contribution in [0.4, 0.5) is 0 Å². The first-order chi connectivity index (χ1) is 13.0. The molecule has 0 aliphatic carbocycles. The lowest BCUT2D eigenvalue weighted by atomic mass is 10.2. The molecule has 0 spiro atoms. The van der Waals surface area contributed by atoms with Crippen LogP contribution in [0.15, 0.2) is 64.3 Å². The summed E-state index contributed by atoms with van der Waals surface area (Å²) in [5.41, 5.74) is 0.841. The van der Waals surface area contributed by atoms with E-state index in [9.17, 15) is 13.7 Å². The number of aryl methyl sites for hydroxylation is 1. The Bertz CT molecular complexity index is 938. The molecule has 0 unspecified atom stereocenters. The molecule has 1 heterocycles. The summed E-state index contributed by atoms with van der Waals surface area (Å²) in [6.45, 7) is 0.510. The highest BCUT2D eigenvalue weighted by molar-refractivity contribution is 7.95. The molecule has 1 aromatic carbocycles. The Kier molecular flexibility index (Phi) is 7.65. The summed E-state index contributed by atoms with van der Waals surface area (Å²) in [7, 11) is -2.31. The number of halogens is 1. The SMILES string of the molecule is CN/C(NCCCCc1ncccc1Cl)=C(\C#N)S(=O)(=O)c1ccccc1. The van der Waals surface area contributed by atoms with Crippen LogP contribution in [-0.2, 0) is 16.3 Å². The summed E-state index contributed by atoms with van der Waals surface area (Å²) in [6, 6.07) is 13.3. The van der Waals surface area contributed by atoms with Crippen molar-refractivity contribution in [2.45, 2.75) is 24.2 Å². The first-order valence-electron chi connectivity index (χ1n) is 8.46. The van der Waals surface area contributed by atoms with Gasteiger partial charge in [0.1, 0.15) is 11.9 Å². The number of nitriles is 1. The first kappa shape index (κ1) is 20.7. The summed E-state index contributed by atoms with van der Waals surface area (Å²) >= 11 is 6.08. The van der Waals surface area contributed by atoms with E-state index in [4.69, 9.17) is 11.6 Å². The fraction of sp³-hybridized carbons (Fsp3) is 0.263. The van der Waals surface area contributed by atoms with Gasteiger partial charge >= 0.3 is 0 Å². The molecule has 0 aliphatic heterocycles. The van der Waals surface area contributed by atoms with Crippen LogP contribution in [0.2, 0.25) is 5.02 Å². The Hall–Kier alpha value is -2.56. The lowest BCUT2D eigenvalue weighted by Gasteiger charge is -2.13. The fourth-order valence-corrected chi connectivity index (χ4v) is 4.01. The van der Waals surface area contributed by atoms with E-state index >= 15 is 0 Å². The molecule has 2 rings (SSSR count). The Morgan fingerprint density at radius 3 is 2.56 bits per heavy atom. The van der Waals surface area contributed by atoms with Crippen LogP contribution in [0.25, 0.3) is 0 Å². The second kappa shape index (κ2) is 9.95. The zero-order chi connectivity index (χ0) is 19.7. The largest absolute Gasteiger partial charge is 0.373 e. The predicted octanol–water partition coefficient (Wildman–Crippen LogP) is 3.03. The first-order valence-corrected chi connectivity index (χ1v) is 10.3. The number of hydrogen-bond donors (Lipinski definition) is 2. The molecule has 0 aliphatic rings. The maximum Gasteiger partial charge on any atom is 0.220 e. The van der Waals surface area contributed by atoms with Crippen molar-refractivity contribution >= 4 is 21.4 Å². The second-order valence-corrected chi connectivity index (χ2v) is 7.99. The third kappa shape index (κ3) is 5.46. The molecule has 27 heavy (non-hydrogen) atoms. The molecule has 1 aromatic heterocycles. The molecule has 0 radical (unpaired) electrons. The van der Waals surface area contributed by atoms with E-state index in [-0.39, 0.29) is 15.6 Å². The molecule has 2 aromatic rings. The van der Waals surface area contributed by atoms with Gasteiger partial charge in [-0.25, -0.2) is 8.42 Å². The summed E-state index contributed by atoms with van der Waals surface area (Å²) in [4.78, 5) is 3.99. The quantitative estimate of drug-likeness (QED) is 0.492. The van der Waals surface area contributed by atoms with Crippen LogP contribution in [-0.4, -0.2) is 27.0 Å². The van der Waals surface area contributed by atoms with Crippen molar-refractivity contribution in [1.29, 1.82) is 5.26 Å². The van der Waals surface area contributed by atoms with E-state index in [1.807, 2.05) is 0 Å². The van der Waals surface area contributed by atoms with Crippen LogP contribution in [0.3, 0.4) is 0 Å². The lowest BCUT2D eigenvalue weighted by Crippen LogP contribution is -2.28. The molecular formula is C19H21ClN4O2S. The zero-order valence-corrected chi connectivity index (χ0v) is 16.5. The molecule has 2 N–H and O–H groups in total. The standard InChI is InChI=1S/C19H21ClN4O2S/c1-22-19(18(14-21)27(25,26)15-8-3-2-4-9-15)24-12-6-5-11-17-16(20)10-7-13-23-17/h2-4,7-10,13,22,24H,5-6,11-12H2,1H3/b19-18-. The van der Waals surface area contributed by atoms with Crippen molar-refractivity contribution in [1.82, 2.24) is 15.6 Å². The van der Waals surface area contributed by atoms with Gasteiger partial charge in [-0.3, -0.25) is 4.98 Å². The molecule has 0 bridgehead atoms. The molecule has 0 atom stereocenters. The van der Waals surface area contributed by atoms with Crippen LogP contribution in [0.5, 0.6) is 0 Å². The lowest BCUT2D eigenvalue weighted by molar-refractivity contribution is 0.600. The summed E-state index contributed by atoms with van der Waals surface area (Å²) < 4.78 is 25.4. The van der Waals surface area contributed by atoms with Crippen LogP contribution >= 0.6 is 11.6 Å². The Morgan fingerprint density at radius 2 is 1.93 bits per heavy atom. The number of pyridine rings is 1. The predicted molar refractivity (Wildman–Crippen MR) is 106 cm³/mol. The highest BCUT2D eigenvalue weighted by atomic mass is 35.5. The number of aromatic nitrogens is 1. The topological polar surface area (TPSA) is 94.9 Å². The number of unbranched alkanes of at least 4 members (excludes halogenated alkanes) is 1. The maximum atomic E-state index is 12.7. The summed E-state index contributed by atoms with van der Waals surface area (Å²) in [5.74, 6) is 0.192. The van der Waals surface area contributed by atoms with Gasteiger partial charge in [0.05, 0.1) is 15.6 Å². The Labute approximate surface area is 164 Å². The third-order valence-corrected chi connectivity index (χ3v) is 5.95. The summed E-state index contributed by atoms with van der Waals surface area (Å²) in [5, 5.41) is 15.8. The van der Waals surface area contributed by atoms with Gasteiger partial charge < -0.3 is 10.6 Å². The van der Waals surface area contributed by atoms with Gasteiger partial charge in [0.2, 0.25) is 9.84 Å². The second-order valence-electron chi connectivity index (χ2n) is 5.70. The Morgan fingerprint density at radius 1 is 1.19 bits per heavy atom. The van der Waals surface area contributed by atoms with Crippen LogP contribution in [0.1, 0.15) is 18.5 Å². The van der Waals surface area contributed by atoms with E-state index < -0.39 is 9.84 Å². The molecule has 0 saturated carbocycles. The highest BCUT2D eigenvalue weighted by Crippen LogP contribution is 2.20. The molecule has 0 fully saturated rings. The van der Waals surface area contributed by atoms with E-state index in [1.165, 1.54) is 12.1 Å². The van der Waals surface area contributed by atoms with E-state index in [2.05, 4.69) is 15.6 Å². The van der Waals surface area contributed by atoms with Gasteiger partial charge in [0.15, 0.2) is 4.91 Å². The van der Waals surface area contributed by atoms with Crippen molar-refractivity contribution in [3.8, 4) is 6.07 Å². The number of sulfone groups is 1. The molecule has 0 amide bonds. The van der Waals surface area contributed by atoms with Gasteiger partial charge in [0, 0.05) is 19.8 Å². The fourth-order valence-electron chi connectivity index (χ4n) is 2.48. The minimum absolute atomic E-state index is 0.0842. The van der Waals surface area contributed by atoms with E-state index in [0.29, 0.717) is 11.6 Å². The number of nitrogens with one attached hydrogen (secondary N) is 2. The van der Waals surface area contributed by atoms with Crippen LogP contribution < -0.4 is 10.6 Å². The van der Waals surface area contributed by atoms with Crippen molar-refractivity contribution in [2.75, 3.05) is 13.6 Å². The smallest absolute Gasteiger partial charge is 0.220 e. The van der Waals surface area contributed by atoms with Gasteiger partial charge in [-0.05, 0) is 43.5 Å². The van der Waals surface area contributed by atoms with Crippen molar-refractivity contribution < 1.29 is 8.42 Å². The van der Waals surface area contributed by atoms with E-state index in [1.54, 1.807) is 49.6 Å². The molecule has 0 saturated heterocycles. The van der Waals surface area contributed by atoms with E-state index in [0.717, 1.165) is 25.0 Å². The van der Waals surface area contributed by atoms with Gasteiger partial charge in [0.25, 0.3) is 0 Å². The number of benzene rings is 1. The number of allylic oxidation sites excluding steroid dienone is 1. The average molecular weight is 405 g/mol. The zero-order valence-electron chi connectivity index (χ0n) is 14.9. The normalized spacial score (nSPS) is 12.0. The van der Waals surface area contributed by atoms with Crippen molar-refractivity contribution in [2.24, 2.45) is 0 Å². The highest BCUT2D eigenvalue weighted by Gasteiger charge is 2.24. The van der Waals surface area contributed by atoms with Crippen LogP contribution in [0, 0.1) is 11.3 Å². The molecule has 142 valence electrons. The summed E-state index contributed by atoms with van der Waals surface area (Å²) in [6.07, 6.45) is 4.03. The Balaban J connectivity index is 2.01. The average Bonchev–Trinajstić information content (AvgIpc) is 2.68. The third-order valence-electron chi connectivity index (χ3n) is 3.88. The minimum Gasteiger partial charge on any atom is -0.373 e. The molecular weight excluding hydrogens is 384 g/mol. The molecule has 6 nitrogen and oxygen atoms in total. The maximum absolute atomic E-state index is 12.7. The number of nitrogens with zero attached hydrogens (tertiary/aromatic N) is 2. The van der Waals surface area contributed by atoms with Crippen molar-refractivity contribution in [3.05, 3.63) is 70.1 Å². The monoisotopic (exact) mass is 404 g/mol. The van der Waals surface area contributed by atoms with Gasteiger partial charge in [-0.1, -0.05) is 29.8 Å². The molecule has 8 heteroatoms. The van der Waals surface area contributed by atoms with Crippen molar-refractivity contribution in [3.63, 3.8) is 0 Å². The van der Waals surface area contributed by atoms with Gasteiger partial charge in [-0.2, -0.15) is 5.26 Å².